The third-order valence-electron chi connectivity index (χ3n) is 3.12. The molecule has 0 saturated carbocycles. The number of para-hydroxylation sites is 1. The van der Waals surface area contributed by atoms with Gasteiger partial charge >= 0.3 is 0 Å². The van der Waals surface area contributed by atoms with E-state index >= 15 is 0 Å². The van der Waals surface area contributed by atoms with Gasteiger partial charge in [-0.05, 0) is 18.2 Å². The van der Waals surface area contributed by atoms with Gasteiger partial charge in [-0.25, -0.2) is 4.98 Å². The normalized spacial score (nSPS) is 11.6. The maximum atomic E-state index is 5.79. The maximum Gasteiger partial charge on any atom is 0.230 e. The summed E-state index contributed by atoms with van der Waals surface area (Å²) in [6, 6.07) is 9.96. The second-order valence-corrected chi connectivity index (χ2v) is 4.68. The average Bonchev–Trinajstić information content (AvgIpc) is 2.79. The third kappa shape index (κ3) is 1.55. The van der Waals surface area contributed by atoms with Crippen LogP contribution in [0.3, 0.4) is 0 Å². The molecular formula is C15H15NO2. The lowest BCUT2D eigenvalue weighted by molar-refractivity contribution is 0.424. The quantitative estimate of drug-likeness (QED) is 0.677. The molecular weight excluding hydrogens is 226 g/mol. The topological polar surface area (TPSA) is 35.3 Å². The summed E-state index contributed by atoms with van der Waals surface area (Å²) < 4.78 is 11.3. The van der Waals surface area contributed by atoms with Crippen LogP contribution >= 0.6 is 0 Å². The first-order chi connectivity index (χ1) is 8.70. The van der Waals surface area contributed by atoms with Crippen LogP contribution in [0.15, 0.2) is 34.7 Å². The number of aromatic nitrogens is 1. The van der Waals surface area contributed by atoms with Crippen molar-refractivity contribution in [2.75, 3.05) is 7.11 Å². The number of fused-ring (bicyclic) bond motifs is 2. The van der Waals surface area contributed by atoms with Crippen LogP contribution in [0.4, 0.5) is 0 Å². The Bertz CT molecular complexity index is 713. The maximum absolute atomic E-state index is 5.79. The van der Waals surface area contributed by atoms with E-state index in [4.69, 9.17) is 9.15 Å². The highest BCUT2D eigenvalue weighted by Gasteiger charge is 2.15. The molecule has 0 saturated heterocycles. The molecule has 0 bridgehead atoms. The molecule has 3 aromatic rings. The molecule has 0 aliphatic carbocycles. The molecule has 0 unspecified atom stereocenters. The predicted octanol–water partition coefficient (Wildman–Crippen LogP) is 4.11. The zero-order valence-corrected chi connectivity index (χ0v) is 10.7. The van der Waals surface area contributed by atoms with Crippen molar-refractivity contribution in [2.24, 2.45) is 0 Å². The molecule has 92 valence electrons. The molecule has 1 aromatic carbocycles. The van der Waals surface area contributed by atoms with Crippen molar-refractivity contribution in [2.45, 2.75) is 19.8 Å². The van der Waals surface area contributed by atoms with E-state index in [2.05, 4.69) is 18.8 Å². The molecule has 2 heterocycles. The predicted molar refractivity (Wildman–Crippen MR) is 72.2 cm³/mol. The minimum atomic E-state index is 0.340. The second kappa shape index (κ2) is 4.02. The van der Waals surface area contributed by atoms with Crippen molar-refractivity contribution < 1.29 is 9.15 Å². The number of nitrogens with zero attached hydrogens (tertiary/aromatic N) is 1. The summed E-state index contributed by atoms with van der Waals surface area (Å²) in [5.41, 5.74) is 1.54. The van der Waals surface area contributed by atoms with Crippen LogP contribution in [0.5, 0.6) is 5.75 Å². The first-order valence-corrected chi connectivity index (χ1v) is 6.07. The number of methoxy groups -OCH3 is 1. The minimum absolute atomic E-state index is 0.340. The van der Waals surface area contributed by atoms with Crippen LogP contribution in [-0.2, 0) is 0 Å². The standard InChI is InChI=1S/C15H15NO2/c1-9(2)13-8-11-14(17-3)10-6-4-5-7-12(10)16-15(11)18-13/h4-9H,1-3H3. The largest absolute Gasteiger partial charge is 0.495 e. The third-order valence-corrected chi connectivity index (χ3v) is 3.12. The number of benzene rings is 1. The molecule has 0 spiro atoms. The lowest BCUT2D eigenvalue weighted by Gasteiger charge is -2.05. The van der Waals surface area contributed by atoms with Gasteiger partial charge in [-0.1, -0.05) is 26.0 Å². The lowest BCUT2D eigenvalue weighted by Crippen LogP contribution is -1.88. The molecule has 0 atom stereocenters. The zero-order valence-electron chi connectivity index (χ0n) is 10.7. The molecule has 3 nitrogen and oxygen atoms in total. The van der Waals surface area contributed by atoms with Crippen molar-refractivity contribution in [3.05, 3.63) is 36.1 Å². The summed E-state index contributed by atoms with van der Waals surface area (Å²) in [5, 5.41) is 1.96. The Morgan fingerprint density at radius 3 is 2.67 bits per heavy atom. The van der Waals surface area contributed by atoms with E-state index in [1.807, 2.05) is 30.3 Å². The molecule has 0 N–H and O–H groups in total. The van der Waals surface area contributed by atoms with Crippen molar-refractivity contribution in [1.82, 2.24) is 4.98 Å². The molecule has 3 heteroatoms. The highest BCUT2D eigenvalue weighted by molar-refractivity contribution is 5.99. The summed E-state index contributed by atoms with van der Waals surface area (Å²) >= 11 is 0. The first kappa shape index (κ1) is 11.1. The number of hydrogen-bond donors (Lipinski definition) is 0. The van der Waals surface area contributed by atoms with Crippen molar-refractivity contribution in [3.8, 4) is 5.75 Å². The Kier molecular flexibility index (Phi) is 2.47. The molecule has 0 fully saturated rings. The van der Waals surface area contributed by atoms with Gasteiger partial charge < -0.3 is 9.15 Å². The summed E-state index contributed by atoms with van der Waals surface area (Å²) in [7, 11) is 1.68. The van der Waals surface area contributed by atoms with Crippen molar-refractivity contribution >= 4 is 22.0 Å². The Morgan fingerprint density at radius 1 is 1.17 bits per heavy atom. The number of furan rings is 1. The van der Waals surface area contributed by atoms with Crippen LogP contribution in [0.25, 0.3) is 22.0 Å². The van der Waals surface area contributed by atoms with E-state index in [0.717, 1.165) is 27.8 Å². The number of pyridine rings is 1. The fourth-order valence-corrected chi connectivity index (χ4v) is 2.17. The van der Waals surface area contributed by atoms with Crippen LogP contribution in [0.1, 0.15) is 25.5 Å². The highest BCUT2D eigenvalue weighted by Crippen LogP contribution is 2.35. The van der Waals surface area contributed by atoms with Gasteiger partial charge in [-0.15, -0.1) is 0 Å². The summed E-state index contributed by atoms with van der Waals surface area (Å²) in [4.78, 5) is 4.54. The Hall–Kier alpha value is -2.03. The van der Waals surface area contributed by atoms with Gasteiger partial charge in [-0.3, -0.25) is 0 Å². The van der Waals surface area contributed by atoms with Crippen molar-refractivity contribution in [3.63, 3.8) is 0 Å². The molecule has 0 aliphatic rings. The van der Waals surface area contributed by atoms with E-state index < -0.39 is 0 Å². The van der Waals surface area contributed by atoms with Crippen LogP contribution in [-0.4, -0.2) is 12.1 Å². The van der Waals surface area contributed by atoms with E-state index in [9.17, 15) is 0 Å². The van der Waals surface area contributed by atoms with E-state index in [1.165, 1.54) is 0 Å². The zero-order chi connectivity index (χ0) is 12.7. The van der Waals surface area contributed by atoms with Crippen LogP contribution in [0.2, 0.25) is 0 Å². The van der Waals surface area contributed by atoms with Gasteiger partial charge in [0.25, 0.3) is 0 Å². The van der Waals surface area contributed by atoms with Crippen LogP contribution in [0, 0.1) is 0 Å². The molecule has 0 radical (unpaired) electrons. The minimum Gasteiger partial charge on any atom is -0.495 e. The molecule has 3 rings (SSSR count). The molecule has 0 aliphatic heterocycles. The Balaban J connectivity index is 2.42. The lowest BCUT2D eigenvalue weighted by atomic mass is 10.1. The van der Waals surface area contributed by atoms with Gasteiger partial charge in [-0.2, -0.15) is 0 Å². The van der Waals surface area contributed by atoms with E-state index in [1.54, 1.807) is 7.11 Å². The molecule has 0 amide bonds. The summed E-state index contributed by atoms with van der Waals surface area (Å²) in [6.07, 6.45) is 0. The number of ether oxygens (including phenoxy) is 1. The van der Waals surface area contributed by atoms with E-state index in [0.29, 0.717) is 11.6 Å². The number of rotatable bonds is 2. The highest BCUT2D eigenvalue weighted by atomic mass is 16.5. The molecule has 2 aromatic heterocycles. The average molecular weight is 241 g/mol. The Morgan fingerprint density at radius 2 is 1.94 bits per heavy atom. The number of hydrogen-bond acceptors (Lipinski definition) is 3. The smallest absolute Gasteiger partial charge is 0.230 e. The summed E-state index contributed by atoms with van der Waals surface area (Å²) in [5.74, 6) is 2.12. The first-order valence-electron chi connectivity index (χ1n) is 6.07. The Labute approximate surface area is 105 Å². The summed E-state index contributed by atoms with van der Waals surface area (Å²) in [6.45, 7) is 4.20. The van der Waals surface area contributed by atoms with Crippen LogP contribution < -0.4 is 4.74 Å². The van der Waals surface area contributed by atoms with Crippen molar-refractivity contribution in [1.29, 1.82) is 0 Å². The monoisotopic (exact) mass is 241 g/mol. The fraction of sp³-hybridized carbons (Fsp3) is 0.267. The van der Waals surface area contributed by atoms with Gasteiger partial charge in [0.15, 0.2) is 0 Å². The van der Waals surface area contributed by atoms with Gasteiger partial charge in [0.2, 0.25) is 5.71 Å². The van der Waals surface area contributed by atoms with Gasteiger partial charge in [0, 0.05) is 11.3 Å². The van der Waals surface area contributed by atoms with Gasteiger partial charge in [0.1, 0.15) is 11.5 Å². The fourth-order valence-electron chi connectivity index (χ4n) is 2.17. The second-order valence-electron chi connectivity index (χ2n) is 4.68. The van der Waals surface area contributed by atoms with Gasteiger partial charge in [0.05, 0.1) is 18.0 Å². The van der Waals surface area contributed by atoms with E-state index in [-0.39, 0.29) is 0 Å². The SMILES string of the molecule is COc1c2ccccc2nc2oc(C(C)C)cc12. The molecule has 18 heavy (non-hydrogen) atoms.